The monoisotopic (exact) mass is 270 g/mol. The summed E-state index contributed by atoms with van der Waals surface area (Å²) in [5.41, 5.74) is 0.0366. The SMILES string of the molecule is CC(C(=O)NC(C)(C)CC(C)(C)C)N1CCOCC1. The summed E-state index contributed by atoms with van der Waals surface area (Å²) < 4.78 is 5.32. The maximum Gasteiger partial charge on any atom is 0.237 e. The molecule has 1 unspecified atom stereocenters. The van der Waals surface area contributed by atoms with Crippen LogP contribution in [0, 0.1) is 5.41 Å². The van der Waals surface area contributed by atoms with Crippen LogP contribution < -0.4 is 5.32 Å². The molecule has 1 amide bonds. The second-order valence-electron chi connectivity index (χ2n) is 7.43. The average Bonchev–Trinajstić information content (AvgIpc) is 2.25. The van der Waals surface area contributed by atoms with E-state index in [1.54, 1.807) is 0 Å². The fraction of sp³-hybridized carbons (Fsp3) is 0.933. The Bertz CT molecular complexity index is 302. The number of amides is 1. The van der Waals surface area contributed by atoms with E-state index in [4.69, 9.17) is 4.74 Å². The summed E-state index contributed by atoms with van der Waals surface area (Å²) in [5, 5.41) is 3.19. The summed E-state index contributed by atoms with van der Waals surface area (Å²) in [6.45, 7) is 15.9. The Balaban J connectivity index is 2.52. The van der Waals surface area contributed by atoms with Gasteiger partial charge in [0, 0.05) is 18.6 Å². The number of morpholine rings is 1. The van der Waals surface area contributed by atoms with Crippen molar-refractivity contribution in [3.63, 3.8) is 0 Å². The fourth-order valence-corrected chi connectivity index (χ4v) is 2.94. The minimum atomic E-state index is -0.171. The Morgan fingerprint density at radius 1 is 1.21 bits per heavy atom. The average molecular weight is 270 g/mol. The van der Waals surface area contributed by atoms with Gasteiger partial charge in [0.05, 0.1) is 19.3 Å². The number of hydrogen-bond acceptors (Lipinski definition) is 3. The smallest absolute Gasteiger partial charge is 0.237 e. The van der Waals surface area contributed by atoms with Gasteiger partial charge in [-0.3, -0.25) is 9.69 Å². The number of ether oxygens (including phenoxy) is 1. The maximum absolute atomic E-state index is 12.4. The van der Waals surface area contributed by atoms with Crippen LogP contribution in [0.4, 0.5) is 0 Å². The lowest BCUT2D eigenvalue weighted by Crippen LogP contribution is -2.55. The number of nitrogens with one attached hydrogen (secondary N) is 1. The van der Waals surface area contributed by atoms with Gasteiger partial charge in [0.1, 0.15) is 0 Å². The second kappa shape index (κ2) is 6.23. The minimum absolute atomic E-state index is 0.0804. The maximum atomic E-state index is 12.4. The van der Waals surface area contributed by atoms with Crippen molar-refractivity contribution in [2.24, 2.45) is 5.41 Å². The summed E-state index contributed by atoms with van der Waals surface area (Å²) in [6, 6.07) is -0.0804. The van der Waals surface area contributed by atoms with Crippen LogP contribution in [0.15, 0.2) is 0 Å². The van der Waals surface area contributed by atoms with Crippen LogP contribution in [0.1, 0.15) is 48.0 Å². The lowest BCUT2D eigenvalue weighted by atomic mass is 9.81. The highest BCUT2D eigenvalue weighted by molar-refractivity contribution is 5.82. The number of hydrogen-bond donors (Lipinski definition) is 1. The van der Waals surface area contributed by atoms with Gasteiger partial charge in [-0.15, -0.1) is 0 Å². The molecule has 4 heteroatoms. The lowest BCUT2D eigenvalue weighted by molar-refractivity contribution is -0.129. The minimum Gasteiger partial charge on any atom is -0.379 e. The van der Waals surface area contributed by atoms with Crippen molar-refractivity contribution < 1.29 is 9.53 Å². The highest BCUT2D eigenvalue weighted by Gasteiger charge is 2.30. The first-order valence-corrected chi connectivity index (χ1v) is 7.25. The largest absolute Gasteiger partial charge is 0.379 e. The van der Waals surface area contributed by atoms with Crippen LogP contribution in [0.5, 0.6) is 0 Å². The molecule has 0 radical (unpaired) electrons. The molecule has 0 aliphatic carbocycles. The molecule has 1 heterocycles. The van der Waals surface area contributed by atoms with Crippen LogP contribution in [-0.4, -0.2) is 48.7 Å². The molecule has 4 nitrogen and oxygen atoms in total. The lowest BCUT2D eigenvalue weighted by Gasteiger charge is -2.37. The Kier molecular flexibility index (Phi) is 5.39. The Hall–Kier alpha value is -0.610. The topological polar surface area (TPSA) is 41.6 Å². The molecule has 1 fully saturated rings. The molecule has 0 aromatic carbocycles. The van der Waals surface area contributed by atoms with Gasteiger partial charge < -0.3 is 10.1 Å². The number of carbonyl (C=O) groups is 1. The van der Waals surface area contributed by atoms with E-state index in [0.29, 0.717) is 0 Å². The molecule has 19 heavy (non-hydrogen) atoms. The van der Waals surface area contributed by atoms with E-state index in [1.165, 1.54) is 0 Å². The molecule has 0 spiro atoms. The van der Waals surface area contributed by atoms with Crippen molar-refractivity contribution in [2.75, 3.05) is 26.3 Å². The first-order chi connectivity index (χ1) is 8.61. The van der Waals surface area contributed by atoms with Gasteiger partial charge in [-0.05, 0) is 32.6 Å². The van der Waals surface area contributed by atoms with Crippen LogP contribution in [0.2, 0.25) is 0 Å². The van der Waals surface area contributed by atoms with E-state index in [2.05, 4.69) is 44.8 Å². The van der Waals surface area contributed by atoms with Crippen molar-refractivity contribution in [3.05, 3.63) is 0 Å². The molecule has 0 aromatic rings. The van der Waals surface area contributed by atoms with E-state index in [9.17, 15) is 4.79 Å². The molecular formula is C15H30N2O2. The summed E-state index contributed by atoms with van der Waals surface area (Å²) in [7, 11) is 0. The quantitative estimate of drug-likeness (QED) is 0.850. The van der Waals surface area contributed by atoms with Crippen LogP contribution in [0.3, 0.4) is 0 Å². The van der Waals surface area contributed by atoms with Crippen molar-refractivity contribution in [1.29, 1.82) is 0 Å². The highest BCUT2D eigenvalue weighted by atomic mass is 16.5. The zero-order chi connectivity index (χ0) is 14.7. The second-order valence-corrected chi connectivity index (χ2v) is 7.43. The molecule has 1 atom stereocenters. The van der Waals surface area contributed by atoms with Crippen molar-refractivity contribution in [2.45, 2.75) is 59.5 Å². The zero-order valence-electron chi connectivity index (χ0n) is 13.4. The van der Waals surface area contributed by atoms with Gasteiger partial charge in [0.25, 0.3) is 0 Å². The van der Waals surface area contributed by atoms with Gasteiger partial charge in [-0.1, -0.05) is 20.8 Å². The van der Waals surface area contributed by atoms with Gasteiger partial charge in [0.2, 0.25) is 5.91 Å². The molecule has 112 valence electrons. The summed E-state index contributed by atoms with van der Waals surface area (Å²) >= 11 is 0. The molecule has 1 aliphatic rings. The van der Waals surface area contributed by atoms with Crippen LogP contribution >= 0.6 is 0 Å². The Labute approximate surface area is 117 Å². The van der Waals surface area contributed by atoms with E-state index in [-0.39, 0.29) is 22.9 Å². The third-order valence-corrected chi connectivity index (χ3v) is 3.41. The summed E-state index contributed by atoms with van der Waals surface area (Å²) in [4.78, 5) is 14.5. The molecular weight excluding hydrogens is 240 g/mol. The van der Waals surface area contributed by atoms with Gasteiger partial charge in [-0.2, -0.15) is 0 Å². The fourth-order valence-electron chi connectivity index (χ4n) is 2.94. The number of rotatable bonds is 4. The molecule has 0 saturated carbocycles. The number of nitrogens with zero attached hydrogens (tertiary/aromatic N) is 1. The normalized spacial score (nSPS) is 20.1. The van der Waals surface area contributed by atoms with Gasteiger partial charge in [-0.25, -0.2) is 0 Å². The first-order valence-electron chi connectivity index (χ1n) is 7.25. The molecule has 1 aliphatic heterocycles. The predicted octanol–water partition coefficient (Wildman–Crippen LogP) is 2.04. The van der Waals surface area contributed by atoms with E-state index < -0.39 is 0 Å². The van der Waals surface area contributed by atoms with Crippen molar-refractivity contribution >= 4 is 5.91 Å². The van der Waals surface area contributed by atoms with Crippen LogP contribution in [-0.2, 0) is 9.53 Å². The molecule has 0 bridgehead atoms. The highest BCUT2D eigenvalue weighted by Crippen LogP contribution is 2.26. The number of carbonyl (C=O) groups excluding carboxylic acids is 1. The molecule has 0 aromatic heterocycles. The summed E-state index contributed by atoms with van der Waals surface area (Å²) in [5.74, 6) is 0.121. The zero-order valence-corrected chi connectivity index (χ0v) is 13.4. The molecule has 1 saturated heterocycles. The van der Waals surface area contributed by atoms with Gasteiger partial charge >= 0.3 is 0 Å². The van der Waals surface area contributed by atoms with E-state index >= 15 is 0 Å². The third-order valence-electron chi connectivity index (χ3n) is 3.41. The van der Waals surface area contributed by atoms with Crippen LogP contribution in [0.25, 0.3) is 0 Å². The van der Waals surface area contributed by atoms with Crippen molar-refractivity contribution in [1.82, 2.24) is 10.2 Å². The summed E-state index contributed by atoms with van der Waals surface area (Å²) in [6.07, 6.45) is 0.960. The molecule has 1 N–H and O–H groups in total. The van der Waals surface area contributed by atoms with Gasteiger partial charge in [0.15, 0.2) is 0 Å². The molecule has 1 rings (SSSR count). The van der Waals surface area contributed by atoms with E-state index in [1.807, 2.05) is 6.92 Å². The third kappa shape index (κ3) is 5.91. The Morgan fingerprint density at radius 2 is 1.74 bits per heavy atom. The van der Waals surface area contributed by atoms with Crippen molar-refractivity contribution in [3.8, 4) is 0 Å². The Morgan fingerprint density at radius 3 is 2.21 bits per heavy atom. The van der Waals surface area contributed by atoms with E-state index in [0.717, 1.165) is 32.7 Å². The predicted molar refractivity (Wildman–Crippen MR) is 78.1 cm³/mol. The first kappa shape index (κ1) is 16.4. The standard InChI is InChI=1S/C15H30N2O2/c1-12(17-7-9-19-10-8-17)13(18)16-15(5,6)11-14(2,3)4/h12H,7-11H2,1-6H3,(H,16,18).